The van der Waals surface area contributed by atoms with Crippen molar-refractivity contribution in [2.75, 3.05) is 5.32 Å². The Bertz CT molecular complexity index is 800. The second-order valence-electron chi connectivity index (χ2n) is 4.76. The van der Waals surface area contributed by atoms with Gasteiger partial charge in [0.1, 0.15) is 18.2 Å². The average molecular weight is 291 g/mol. The molecule has 0 unspecified atom stereocenters. The summed E-state index contributed by atoms with van der Waals surface area (Å²) in [6.45, 7) is 2.50. The number of oxazole rings is 1. The largest absolute Gasteiger partial charge is 0.444 e. The minimum atomic E-state index is 0.286. The molecular formula is C16H13N5O. The van der Waals surface area contributed by atoms with E-state index in [4.69, 9.17) is 9.68 Å². The van der Waals surface area contributed by atoms with Crippen molar-refractivity contribution in [2.24, 2.45) is 0 Å². The lowest BCUT2D eigenvalue weighted by atomic mass is 10.1. The molecule has 6 nitrogen and oxygen atoms in total. The number of nitriles is 1. The van der Waals surface area contributed by atoms with Gasteiger partial charge >= 0.3 is 0 Å². The molecule has 3 rings (SSSR count). The predicted molar refractivity (Wildman–Crippen MR) is 80.7 cm³/mol. The van der Waals surface area contributed by atoms with E-state index in [9.17, 15) is 0 Å². The Morgan fingerprint density at radius 3 is 2.68 bits per heavy atom. The fourth-order valence-corrected chi connectivity index (χ4v) is 1.88. The Hall–Kier alpha value is -3.20. The summed E-state index contributed by atoms with van der Waals surface area (Å²) >= 11 is 0. The fraction of sp³-hybridized carbons (Fsp3) is 0.125. The number of aryl methyl sites for hydroxylation is 1. The van der Waals surface area contributed by atoms with Gasteiger partial charge in [-0.3, -0.25) is 0 Å². The van der Waals surface area contributed by atoms with Crippen molar-refractivity contribution in [3.05, 3.63) is 59.9 Å². The van der Waals surface area contributed by atoms with Crippen LogP contribution in [0.5, 0.6) is 0 Å². The maximum atomic E-state index is 8.67. The Kier molecular flexibility index (Phi) is 3.79. The predicted octanol–water partition coefficient (Wildman–Crippen LogP) is 2.92. The standard InChI is InChI=1S/C16H13N5O/c1-11-2-4-12(5-3-11)16-21-14(10-22-16)8-20-15-9-18-13(6-17)7-19-15/h2-5,7,9-10H,8H2,1H3,(H,19,20). The summed E-state index contributed by atoms with van der Waals surface area (Å²) < 4.78 is 5.49. The molecular weight excluding hydrogens is 278 g/mol. The topological polar surface area (TPSA) is 87.6 Å². The highest BCUT2D eigenvalue weighted by molar-refractivity contribution is 5.53. The lowest BCUT2D eigenvalue weighted by molar-refractivity contribution is 0.573. The number of rotatable bonds is 4. The van der Waals surface area contributed by atoms with E-state index >= 15 is 0 Å². The van der Waals surface area contributed by atoms with Crippen molar-refractivity contribution in [1.29, 1.82) is 5.26 Å². The van der Waals surface area contributed by atoms with Crippen LogP contribution < -0.4 is 5.32 Å². The first-order chi connectivity index (χ1) is 10.7. The molecule has 0 aliphatic carbocycles. The third kappa shape index (κ3) is 3.10. The zero-order valence-corrected chi connectivity index (χ0v) is 11.9. The van der Waals surface area contributed by atoms with Crippen LogP contribution in [0.15, 0.2) is 47.3 Å². The average Bonchev–Trinajstić information content (AvgIpc) is 3.03. The van der Waals surface area contributed by atoms with E-state index in [0.29, 0.717) is 18.3 Å². The molecule has 0 saturated heterocycles. The van der Waals surface area contributed by atoms with Crippen LogP contribution >= 0.6 is 0 Å². The first kappa shape index (κ1) is 13.8. The number of hydrogen-bond donors (Lipinski definition) is 1. The molecule has 0 amide bonds. The van der Waals surface area contributed by atoms with E-state index < -0.39 is 0 Å². The summed E-state index contributed by atoms with van der Waals surface area (Å²) in [4.78, 5) is 12.5. The number of benzene rings is 1. The number of nitrogens with one attached hydrogen (secondary N) is 1. The molecule has 0 fully saturated rings. The second-order valence-corrected chi connectivity index (χ2v) is 4.76. The summed E-state index contributed by atoms with van der Waals surface area (Å²) in [5.74, 6) is 1.17. The zero-order valence-electron chi connectivity index (χ0n) is 11.9. The van der Waals surface area contributed by atoms with Gasteiger partial charge in [0.25, 0.3) is 0 Å². The molecule has 0 saturated carbocycles. The SMILES string of the molecule is Cc1ccc(-c2nc(CNc3cnc(C#N)cn3)co2)cc1. The van der Waals surface area contributed by atoms with Crippen molar-refractivity contribution in [3.8, 4) is 17.5 Å². The smallest absolute Gasteiger partial charge is 0.226 e. The minimum Gasteiger partial charge on any atom is -0.444 e. The van der Waals surface area contributed by atoms with Crippen LogP contribution in [0.2, 0.25) is 0 Å². The fourth-order valence-electron chi connectivity index (χ4n) is 1.88. The third-order valence-electron chi connectivity index (χ3n) is 3.07. The minimum absolute atomic E-state index is 0.286. The molecule has 108 valence electrons. The summed E-state index contributed by atoms with van der Waals surface area (Å²) in [6, 6.07) is 9.91. The number of nitrogens with zero attached hydrogens (tertiary/aromatic N) is 4. The number of anilines is 1. The van der Waals surface area contributed by atoms with Gasteiger partial charge in [0.2, 0.25) is 5.89 Å². The van der Waals surface area contributed by atoms with Gasteiger partial charge in [-0.1, -0.05) is 17.7 Å². The second kappa shape index (κ2) is 6.06. The van der Waals surface area contributed by atoms with Crippen LogP contribution in [0.4, 0.5) is 5.82 Å². The molecule has 0 spiro atoms. The van der Waals surface area contributed by atoms with Gasteiger partial charge < -0.3 is 9.73 Å². The molecule has 0 aliphatic heterocycles. The molecule has 1 aromatic carbocycles. The Balaban J connectivity index is 1.66. The van der Waals surface area contributed by atoms with E-state index in [2.05, 4.69) is 20.3 Å². The van der Waals surface area contributed by atoms with E-state index in [-0.39, 0.29) is 5.69 Å². The van der Waals surface area contributed by atoms with Gasteiger partial charge in [-0.25, -0.2) is 15.0 Å². The van der Waals surface area contributed by atoms with Crippen LogP contribution in [-0.2, 0) is 6.54 Å². The Labute approximate surface area is 127 Å². The lowest BCUT2D eigenvalue weighted by Gasteiger charge is -2.01. The van der Waals surface area contributed by atoms with E-state index in [1.165, 1.54) is 18.0 Å². The zero-order chi connectivity index (χ0) is 15.4. The monoisotopic (exact) mass is 291 g/mol. The summed E-state index contributed by atoms with van der Waals surface area (Å²) in [6.07, 6.45) is 4.54. The molecule has 22 heavy (non-hydrogen) atoms. The highest BCUT2D eigenvalue weighted by Gasteiger charge is 2.06. The first-order valence-electron chi connectivity index (χ1n) is 6.72. The van der Waals surface area contributed by atoms with E-state index in [1.54, 1.807) is 6.26 Å². The highest BCUT2D eigenvalue weighted by Crippen LogP contribution is 2.19. The highest BCUT2D eigenvalue weighted by atomic mass is 16.3. The molecule has 2 heterocycles. The molecule has 2 aromatic heterocycles. The maximum absolute atomic E-state index is 8.67. The third-order valence-corrected chi connectivity index (χ3v) is 3.07. The van der Waals surface area contributed by atoms with Gasteiger partial charge in [-0.2, -0.15) is 5.26 Å². The van der Waals surface area contributed by atoms with Crippen molar-refractivity contribution in [2.45, 2.75) is 13.5 Å². The van der Waals surface area contributed by atoms with E-state index in [1.807, 2.05) is 37.3 Å². The first-order valence-corrected chi connectivity index (χ1v) is 6.72. The molecule has 0 bridgehead atoms. The quantitative estimate of drug-likeness (QED) is 0.795. The van der Waals surface area contributed by atoms with Crippen LogP contribution in [0, 0.1) is 18.3 Å². The van der Waals surface area contributed by atoms with Crippen LogP contribution in [0.1, 0.15) is 17.0 Å². The summed E-state index contributed by atoms with van der Waals surface area (Å²) in [5, 5.41) is 11.7. The van der Waals surface area contributed by atoms with Gasteiger partial charge in [0, 0.05) is 5.56 Å². The molecule has 0 atom stereocenters. The molecule has 0 aliphatic rings. The molecule has 0 radical (unpaired) electrons. The van der Waals surface area contributed by atoms with Crippen molar-refractivity contribution >= 4 is 5.82 Å². The van der Waals surface area contributed by atoms with Gasteiger partial charge in [-0.05, 0) is 19.1 Å². The molecule has 1 N–H and O–H groups in total. The van der Waals surface area contributed by atoms with Crippen LogP contribution in [0.3, 0.4) is 0 Å². The van der Waals surface area contributed by atoms with Crippen LogP contribution in [-0.4, -0.2) is 15.0 Å². The van der Waals surface area contributed by atoms with E-state index in [0.717, 1.165) is 11.3 Å². The van der Waals surface area contributed by atoms with Crippen molar-refractivity contribution in [3.63, 3.8) is 0 Å². The molecule has 3 aromatic rings. The Morgan fingerprint density at radius 1 is 1.18 bits per heavy atom. The van der Waals surface area contributed by atoms with Crippen LogP contribution in [0.25, 0.3) is 11.5 Å². The van der Waals surface area contributed by atoms with Crippen molar-refractivity contribution < 1.29 is 4.42 Å². The van der Waals surface area contributed by atoms with Crippen molar-refractivity contribution in [1.82, 2.24) is 15.0 Å². The molecule has 6 heteroatoms. The number of hydrogen-bond acceptors (Lipinski definition) is 6. The lowest BCUT2D eigenvalue weighted by Crippen LogP contribution is -2.02. The van der Waals surface area contributed by atoms with Gasteiger partial charge in [0.15, 0.2) is 5.69 Å². The van der Waals surface area contributed by atoms with Gasteiger partial charge in [-0.15, -0.1) is 0 Å². The normalized spacial score (nSPS) is 10.2. The maximum Gasteiger partial charge on any atom is 0.226 e. The Morgan fingerprint density at radius 2 is 2.00 bits per heavy atom. The summed E-state index contributed by atoms with van der Waals surface area (Å²) in [7, 11) is 0. The summed E-state index contributed by atoms with van der Waals surface area (Å²) in [5.41, 5.74) is 3.18. The van der Waals surface area contributed by atoms with Gasteiger partial charge in [0.05, 0.1) is 24.6 Å². The number of aromatic nitrogens is 3.